The molecule has 0 aliphatic rings. The van der Waals surface area contributed by atoms with E-state index in [1.165, 1.54) is 6.07 Å². The highest BCUT2D eigenvalue weighted by Gasteiger charge is 2.24. The van der Waals surface area contributed by atoms with Crippen molar-refractivity contribution in [3.63, 3.8) is 0 Å². The maximum atomic E-state index is 12.8. The Morgan fingerprint density at radius 3 is 2.63 bits per heavy atom. The molecule has 7 heteroatoms. The number of aryl methyl sites for hydroxylation is 1. The van der Waals surface area contributed by atoms with Crippen LogP contribution in [0.3, 0.4) is 0 Å². The Bertz CT molecular complexity index is 1230. The van der Waals surface area contributed by atoms with Gasteiger partial charge in [0.25, 0.3) is 0 Å². The van der Waals surface area contributed by atoms with Gasteiger partial charge in [-0.05, 0) is 36.8 Å². The van der Waals surface area contributed by atoms with E-state index in [2.05, 4.69) is 16.2 Å². The smallest absolute Gasteiger partial charge is 0.237 e. The van der Waals surface area contributed by atoms with Crippen LogP contribution in [0.25, 0.3) is 22.0 Å². The van der Waals surface area contributed by atoms with E-state index in [0.717, 1.165) is 5.56 Å². The summed E-state index contributed by atoms with van der Waals surface area (Å²) in [4.78, 5) is 15.6. The van der Waals surface area contributed by atoms with Gasteiger partial charge in [0.1, 0.15) is 0 Å². The van der Waals surface area contributed by atoms with Gasteiger partial charge in [-0.25, -0.2) is 0 Å². The summed E-state index contributed by atoms with van der Waals surface area (Å²) in [6, 6.07) is 13.9. The van der Waals surface area contributed by atoms with Gasteiger partial charge in [-0.1, -0.05) is 28.9 Å². The summed E-state index contributed by atoms with van der Waals surface area (Å²) in [6.07, 6.45) is 0. The molecule has 6 nitrogen and oxygen atoms in total. The van der Waals surface area contributed by atoms with Crippen LogP contribution in [0.5, 0.6) is 5.88 Å². The second kappa shape index (κ2) is 6.31. The predicted molar refractivity (Wildman–Crippen MR) is 99.8 cm³/mol. The van der Waals surface area contributed by atoms with E-state index in [1.54, 1.807) is 43.3 Å². The molecule has 0 amide bonds. The zero-order valence-corrected chi connectivity index (χ0v) is 14.8. The van der Waals surface area contributed by atoms with Crippen molar-refractivity contribution in [1.29, 1.82) is 5.26 Å². The number of rotatable bonds is 3. The second-order valence-corrected chi connectivity index (χ2v) is 6.48. The number of nitrogens with zero attached hydrogens (tertiary/aromatic N) is 2. The Morgan fingerprint density at radius 2 is 2.00 bits per heavy atom. The number of nitriles is 1. The molecule has 0 saturated heterocycles. The fraction of sp³-hybridized carbons (Fsp3) is 0.0500. The normalized spacial score (nSPS) is 10.9. The largest absolute Gasteiger partial charge is 0.494 e. The van der Waals surface area contributed by atoms with Gasteiger partial charge in [0.15, 0.2) is 0 Å². The van der Waals surface area contributed by atoms with Gasteiger partial charge < -0.3 is 14.6 Å². The summed E-state index contributed by atoms with van der Waals surface area (Å²) in [7, 11) is 0. The van der Waals surface area contributed by atoms with E-state index in [9.17, 15) is 9.90 Å². The highest BCUT2D eigenvalue weighted by atomic mass is 35.5. The average molecular weight is 378 g/mol. The molecule has 132 valence electrons. The van der Waals surface area contributed by atoms with E-state index in [4.69, 9.17) is 21.4 Å². The van der Waals surface area contributed by atoms with E-state index in [0.29, 0.717) is 32.7 Å². The number of nitrogens with one attached hydrogen (secondary N) is 1. The minimum atomic E-state index is -0.479. The van der Waals surface area contributed by atoms with E-state index < -0.39 is 5.78 Å². The third kappa shape index (κ3) is 2.84. The topological polar surface area (TPSA) is 103 Å². The molecule has 2 N–H and O–H groups in total. The minimum Gasteiger partial charge on any atom is -0.494 e. The van der Waals surface area contributed by atoms with Gasteiger partial charge in [-0.15, -0.1) is 0 Å². The lowest BCUT2D eigenvalue weighted by Gasteiger charge is -2.06. The van der Waals surface area contributed by atoms with E-state index in [1.807, 2.05) is 0 Å². The van der Waals surface area contributed by atoms with Crippen LogP contribution < -0.4 is 0 Å². The highest BCUT2D eigenvalue weighted by molar-refractivity contribution is 6.34. The lowest BCUT2D eigenvalue weighted by Crippen LogP contribution is -1.99. The maximum absolute atomic E-state index is 12.8. The molecule has 4 rings (SSSR count). The fourth-order valence-electron chi connectivity index (χ4n) is 2.97. The Hall–Kier alpha value is -3.56. The van der Waals surface area contributed by atoms with Crippen molar-refractivity contribution < 1.29 is 14.4 Å². The molecule has 2 aromatic heterocycles. The van der Waals surface area contributed by atoms with Gasteiger partial charge in [0, 0.05) is 17.0 Å². The fourth-order valence-corrected chi connectivity index (χ4v) is 3.24. The Labute approximate surface area is 158 Å². The molecule has 0 saturated carbocycles. The van der Waals surface area contributed by atoms with Crippen molar-refractivity contribution in [2.75, 3.05) is 0 Å². The van der Waals surface area contributed by atoms with Crippen molar-refractivity contribution in [3.05, 3.63) is 70.1 Å². The zero-order chi connectivity index (χ0) is 19.1. The van der Waals surface area contributed by atoms with E-state index in [-0.39, 0.29) is 17.2 Å². The molecule has 0 radical (unpaired) electrons. The number of aromatic hydroxyl groups is 1. The number of ketones is 1. The number of aromatic nitrogens is 2. The Balaban J connectivity index is 1.89. The van der Waals surface area contributed by atoms with Crippen LogP contribution in [-0.2, 0) is 0 Å². The summed E-state index contributed by atoms with van der Waals surface area (Å²) in [5, 5.41) is 23.9. The second-order valence-electron chi connectivity index (χ2n) is 6.08. The number of hydrogen-bond acceptors (Lipinski definition) is 5. The number of benzene rings is 2. The van der Waals surface area contributed by atoms with Crippen LogP contribution in [0.15, 0.2) is 47.0 Å². The number of carbonyl (C=O) groups is 1. The zero-order valence-electron chi connectivity index (χ0n) is 14.1. The lowest BCUT2D eigenvalue weighted by molar-refractivity contribution is 0.0999. The molecule has 0 unspecified atom stereocenters. The third-order valence-corrected chi connectivity index (χ3v) is 4.58. The van der Waals surface area contributed by atoms with Gasteiger partial charge in [-0.2, -0.15) is 5.26 Å². The molecule has 0 aliphatic heterocycles. The van der Waals surface area contributed by atoms with Crippen LogP contribution in [0.2, 0.25) is 5.02 Å². The van der Waals surface area contributed by atoms with Crippen LogP contribution in [0.4, 0.5) is 0 Å². The molecule has 2 heterocycles. The predicted octanol–water partition coefficient (Wildman–Crippen LogP) is 4.59. The van der Waals surface area contributed by atoms with Gasteiger partial charge in [0.05, 0.1) is 33.4 Å². The maximum Gasteiger partial charge on any atom is 0.237 e. The summed E-state index contributed by atoms with van der Waals surface area (Å²) < 4.78 is 5.04. The summed E-state index contributed by atoms with van der Waals surface area (Å²) in [5.74, 6) is -0.705. The SMILES string of the molecule is Cc1cc(C(=O)c2c(O)[nH]c3cc(Cl)c(-c4ccc(C#N)cc4)cc23)on1. The van der Waals surface area contributed by atoms with Gasteiger partial charge in [0.2, 0.25) is 17.4 Å². The molecule has 0 fully saturated rings. The molecule has 0 atom stereocenters. The van der Waals surface area contributed by atoms with E-state index >= 15 is 0 Å². The third-order valence-electron chi connectivity index (χ3n) is 4.27. The van der Waals surface area contributed by atoms with Crippen molar-refractivity contribution in [2.24, 2.45) is 0 Å². The first kappa shape index (κ1) is 16.9. The number of H-pyrrole nitrogens is 1. The van der Waals surface area contributed by atoms with Crippen molar-refractivity contribution in [1.82, 2.24) is 10.1 Å². The molecule has 0 bridgehead atoms. The first-order valence-corrected chi connectivity index (χ1v) is 8.38. The molecular formula is C20H12ClN3O3. The molecule has 27 heavy (non-hydrogen) atoms. The first-order valence-electron chi connectivity index (χ1n) is 8.00. The number of aromatic amines is 1. The molecule has 0 aliphatic carbocycles. The Kier molecular flexibility index (Phi) is 3.94. The summed E-state index contributed by atoms with van der Waals surface area (Å²) >= 11 is 6.39. The molecule has 2 aromatic carbocycles. The Morgan fingerprint density at radius 1 is 1.26 bits per heavy atom. The van der Waals surface area contributed by atoms with Crippen LogP contribution in [0, 0.1) is 18.3 Å². The van der Waals surface area contributed by atoms with Gasteiger partial charge in [-0.3, -0.25) is 4.79 Å². The van der Waals surface area contributed by atoms with Gasteiger partial charge >= 0.3 is 0 Å². The monoisotopic (exact) mass is 377 g/mol. The lowest BCUT2D eigenvalue weighted by atomic mass is 9.99. The van der Waals surface area contributed by atoms with Crippen molar-refractivity contribution in [3.8, 4) is 23.1 Å². The molecule has 4 aromatic rings. The number of halogens is 1. The standard InChI is InChI=1S/C20H12ClN3O3/c1-10-6-17(27-24-10)19(25)18-14-7-13(12-4-2-11(9-22)3-5-12)15(21)8-16(14)23-20(18)26/h2-8,23,26H,1H3. The highest BCUT2D eigenvalue weighted by Crippen LogP contribution is 2.37. The summed E-state index contributed by atoms with van der Waals surface area (Å²) in [5.41, 5.74) is 3.18. The van der Waals surface area contributed by atoms with Crippen molar-refractivity contribution in [2.45, 2.75) is 6.92 Å². The van der Waals surface area contributed by atoms with Crippen LogP contribution in [-0.4, -0.2) is 21.0 Å². The average Bonchev–Trinajstić information content (AvgIpc) is 3.23. The summed E-state index contributed by atoms with van der Waals surface area (Å²) in [6.45, 7) is 1.71. The van der Waals surface area contributed by atoms with Crippen LogP contribution >= 0.6 is 11.6 Å². The number of hydrogen-bond donors (Lipinski definition) is 2. The quantitative estimate of drug-likeness (QED) is 0.508. The first-order chi connectivity index (χ1) is 13.0. The molecular weight excluding hydrogens is 366 g/mol. The minimum absolute atomic E-state index is 0.0403. The van der Waals surface area contributed by atoms with Crippen LogP contribution in [0.1, 0.15) is 27.4 Å². The number of carbonyl (C=O) groups excluding carboxylic acids is 1. The number of fused-ring (bicyclic) bond motifs is 1. The van der Waals surface area contributed by atoms with Crippen molar-refractivity contribution >= 4 is 28.3 Å². The molecule has 0 spiro atoms.